The molecule has 0 aliphatic heterocycles. The van der Waals surface area contributed by atoms with Crippen molar-refractivity contribution in [3.05, 3.63) is 41.7 Å². The van der Waals surface area contributed by atoms with Crippen molar-refractivity contribution in [1.29, 1.82) is 0 Å². The van der Waals surface area contributed by atoms with Gasteiger partial charge in [0.15, 0.2) is 0 Å². The van der Waals surface area contributed by atoms with E-state index >= 15 is 0 Å². The Balaban J connectivity index is 2.03. The molecule has 5 nitrogen and oxygen atoms in total. The minimum absolute atomic E-state index is 0.433. The van der Waals surface area contributed by atoms with E-state index in [0.717, 1.165) is 11.4 Å². The van der Waals surface area contributed by atoms with Crippen LogP contribution in [-0.4, -0.2) is 16.6 Å². The maximum Gasteiger partial charge on any atom is 0.239 e. The van der Waals surface area contributed by atoms with Crippen molar-refractivity contribution >= 4 is 11.5 Å². The van der Waals surface area contributed by atoms with Crippen LogP contribution >= 0.6 is 0 Å². The zero-order valence-corrected chi connectivity index (χ0v) is 12.8. The van der Waals surface area contributed by atoms with Gasteiger partial charge in [0.1, 0.15) is 5.82 Å². The van der Waals surface area contributed by atoms with Crippen molar-refractivity contribution < 1.29 is 4.74 Å². The van der Waals surface area contributed by atoms with E-state index in [-0.39, 0.29) is 0 Å². The predicted molar refractivity (Wildman–Crippen MR) is 85.3 cm³/mol. The normalized spacial score (nSPS) is 10.7. The van der Waals surface area contributed by atoms with Crippen LogP contribution in [0.15, 0.2) is 30.6 Å². The molecule has 21 heavy (non-hydrogen) atoms. The van der Waals surface area contributed by atoms with Crippen LogP contribution in [0.5, 0.6) is 5.88 Å². The number of aryl methyl sites for hydroxylation is 1. The SMILES string of the molecule is Cc1cnccc1CNc1ccc(N)c(OCC(C)C)n1. The smallest absolute Gasteiger partial charge is 0.239 e. The number of nitrogens with two attached hydrogens (primary N) is 1. The number of aromatic nitrogens is 2. The van der Waals surface area contributed by atoms with Gasteiger partial charge in [0.25, 0.3) is 0 Å². The molecule has 5 heteroatoms. The van der Waals surface area contributed by atoms with Crippen LogP contribution in [0.4, 0.5) is 11.5 Å². The molecule has 0 bridgehead atoms. The average molecular weight is 286 g/mol. The van der Waals surface area contributed by atoms with E-state index in [9.17, 15) is 0 Å². The van der Waals surface area contributed by atoms with Gasteiger partial charge in [0, 0.05) is 18.9 Å². The molecule has 0 aliphatic carbocycles. The predicted octanol–water partition coefficient (Wildman–Crippen LogP) is 3.01. The topological polar surface area (TPSA) is 73.1 Å². The Morgan fingerprint density at radius 2 is 2.10 bits per heavy atom. The molecule has 0 aromatic carbocycles. The molecule has 0 aliphatic rings. The minimum Gasteiger partial charge on any atom is -0.476 e. The third kappa shape index (κ3) is 4.34. The second-order valence-electron chi connectivity index (χ2n) is 5.45. The third-order valence-corrected chi connectivity index (χ3v) is 3.04. The van der Waals surface area contributed by atoms with E-state index in [1.807, 2.05) is 31.3 Å². The summed E-state index contributed by atoms with van der Waals surface area (Å²) in [6.07, 6.45) is 3.64. The molecule has 0 radical (unpaired) electrons. The van der Waals surface area contributed by atoms with Crippen LogP contribution in [-0.2, 0) is 6.54 Å². The molecule has 0 spiro atoms. The van der Waals surface area contributed by atoms with Gasteiger partial charge < -0.3 is 15.8 Å². The molecule has 2 rings (SSSR count). The van der Waals surface area contributed by atoms with E-state index in [2.05, 4.69) is 29.1 Å². The molecule has 3 N–H and O–H groups in total. The van der Waals surface area contributed by atoms with Gasteiger partial charge in [-0.15, -0.1) is 0 Å². The Bertz CT molecular complexity index is 599. The first-order valence-corrected chi connectivity index (χ1v) is 7.09. The summed E-state index contributed by atoms with van der Waals surface area (Å²) in [5.74, 6) is 1.67. The van der Waals surface area contributed by atoms with Gasteiger partial charge in [-0.3, -0.25) is 4.98 Å². The summed E-state index contributed by atoms with van der Waals surface area (Å²) in [7, 11) is 0. The lowest BCUT2D eigenvalue weighted by Crippen LogP contribution is -2.09. The lowest BCUT2D eigenvalue weighted by atomic mass is 10.1. The molecular formula is C16H22N4O. The molecule has 2 aromatic heterocycles. The second kappa shape index (κ2) is 6.92. The maximum absolute atomic E-state index is 5.88. The van der Waals surface area contributed by atoms with Crippen LogP contribution < -0.4 is 15.8 Å². The first-order chi connectivity index (χ1) is 10.1. The number of nitrogens with zero attached hydrogens (tertiary/aromatic N) is 2. The summed E-state index contributed by atoms with van der Waals surface area (Å²) in [5, 5.41) is 3.28. The zero-order chi connectivity index (χ0) is 15.2. The number of nitrogen functional groups attached to an aromatic ring is 1. The molecule has 0 atom stereocenters. The summed E-state index contributed by atoms with van der Waals surface area (Å²) in [6.45, 7) is 7.51. The molecule has 112 valence electrons. The van der Waals surface area contributed by atoms with Gasteiger partial charge in [-0.1, -0.05) is 13.8 Å². The van der Waals surface area contributed by atoms with Gasteiger partial charge >= 0.3 is 0 Å². The highest BCUT2D eigenvalue weighted by molar-refractivity contribution is 5.53. The van der Waals surface area contributed by atoms with E-state index in [0.29, 0.717) is 30.6 Å². The Labute approximate surface area is 125 Å². The average Bonchev–Trinajstić information content (AvgIpc) is 2.46. The first kappa shape index (κ1) is 15.1. The van der Waals surface area contributed by atoms with Crippen molar-refractivity contribution in [2.75, 3.05) is 17.7 Å². The number of pyridine rings is 2. The number of rotatable bonds is 6. The van der Waals surface area contributed by atoms with Crippen LogP contribution in [0.25, 0.3) is 0 Å². The fraction of sp³-hybridized carbons (Fsp3) is 0.375. The summed E-state index contributed by atoms with van der Waals surface area (Å²) >= 11 is 0. The molecule has 0 unspecified atom stereocenters. The zero-order valence-electron chi connectivity index (χ0n) is 12.8. The van der Waals surface area contributed by atoms with Gasteiger partial charge in [0.2, 0.25) is 5.88 Å². The fourth-order valence-electron chi connectivity index (χ4n) is 1.80. The standard InChI is InChI=1S/C16H22N4O/c1-11(2)10-21-16-14(17)4-5-15(20-16)19-9-13-6-7-18-8-12(13)3/h4-8,11H,9-10,17H2,1-3H3,(H,19,20). The van der Waals surface area contributed by atoms with Crippen molar-refractivity contribution in [3.63, 3.8) is 0 Å². The highest BCUT2D eigenvalue weighted by Gasteiger charge is 2.06. The van der Waals surface area contributed by atoms with Crippen molar-refractivity contribution in [1.82, 2.24) is 9.97 Å². The van der Waals surface area contributed by atoms with Crippen molar-refractivity contribution in [2.24, 2.45) is 5.92 Å². The monoisotopic (exact) mass is 286 g/mol. The van der Waals surface area contributed by atoms with Crippen LogP contribution in [0.1, 0.15) is 25.0 Å². The van der Waals surface area contributed by atoms with Crippen LogP contribution in [0.2, 0.25) is 0 Å². The summed E-state index contributed by atoms with van der Waals surface area (Å²) in [4.78, 5) is 8.50. The number of hydrogen-bond donors (Lipinski definition) is 2. The molecular weight excluding hydrogens is 264 g/mol. The quantitative estimate of drug-likeness (QED) is 0.854. The molecule has 0 saturated carbocycles. The Morgan fingerprint density at radius 1 is 1.29 bits per heavy atom. The highest BCUT2D eigenvalue weighted by atomic mass is 16.5. The van der Waals surface area contributed by atoms with Crippen LogP contribution in [0, 0.1) is 12.8 Å². The van der Waals surface area contributed by atoms with Crippen LogP contribution in [0.3, 0.4) is 0 Å². The molecule has 2 heterocycles. The lowest BCUT2D eigenvalue weighted by Gasteiger charge is -2.12. The number of nitrogens with one attached hydrogen (secondary N) is 1. The highest BCUT2D eigenvalue weighted by Crippen LogP contribution is 2.22. The summed E-state index contributed by atoms with van der Waals surface area (Å²) in [5.41, 5.74) is 8.78. The third-order valence-electron chi connectivity index (χ3n) is 3.04. The maximum atomic E-state index is 5.88. The van der Waals surface area contributed by atoms with Gasteiger partial charge in [-0.2, -0.15) is 4.98 Å². The molecule has 0 fully saturated rings. The number of hydrogen-bond acceptors (Lipinski definition) is 5. The first-order valence-electron chi connectivity index (χ1n) is 7.09. The Morgan fingerprint density at radius 3 is 2.81 bits per heavy atom. The molecule has 0 saturated heterocycles. The largest absolute Gasteiger partial charge is 0.476 e. The van der Waals surface area contributed by atoms with E-state index in [1.54, 1.807) is 6.20 Å². The summed E-state index contributed by atoms with van der Waals surface area (Å²) < 4.78 is 5.63. The van der Waals surface area contributed by atoms with E-state index in [1.165, 1.54) is 5.56 Å². The van der Waals surface area contributed by atoms with Crippen molar-refractivity contribution in [3.8, 4) is 5.88 Å². The van der Waals surface area contributed by atoms with E-state index < -0.39 is 0 Å². The molecule has 2 aromatic rings. The molecule has 0 amide bonds. The minimum atomic E-state index is 0.433. The Kier molecular flexibility index (Phi) is 4.98. The second-order valence-corrected chi connectivity index (χ2v) is 5.45. The fourth-order valence-corrected chi connectivity index (χ4v) is 1.80. The lowest BCUT2D eigenvalue weighted by molar-refractivity contribution is 0.263. The number of anilines is 2. The van der Waals surface area contributed by atoms with Gasteiger partial charge in [0.05, 0.1) is 12.3 Å². The van der Waals surface area contributed by atoms with Gasteiger partial charge in [-0.05, 0) is 42.2 Å². The van der Waals surface area contributed by atoms with Gasteiger partial charge in [-0.25, -0.2) is 0 Å². The van der Waals surface area contributed by atoms with Crippen molar-refractivity contribution in [2.45, 2.75) is 27.3 Å². The number of ether oxygens (including phenoxy) is 1. The summed E-state index contributed by atoms with van der Waals surface area (Å²) in [6, 6.07) is 5.66. The van der Waals surface area contributed by atoms with E-state index in [4.69, 9.17) is 10.5 Å². The Hall–Kier alpha value is -2.30.